The number of anilines is 1. The molecule has 2 heterocycles. The minimum Gasteiger partial charge on any atom is -0.494 e. The van der Waals surface area contributed by atoms with Crippen LogP contribution in [0.4, 0.5) is 20.2 Å². The summed E-state index contributed by atoms with van der Waals surface area (Å²) < 4.78 is 28.2. The summed E-state index contributed by atoms with van der Waals surface area (Å²) >= 11 is 0. The Morgan fingerprint density at radius 1 is 1.13 bits per heavy atom. The van der Waals surface area contributed by atoms with Crippen LogP contribution in [0.3, 0.4) is 0 Å². The number of H-pyrrole nitrogens is 1. The molecule has 154 valence electrons. The number of halogens is 2. The fraction of sp³-hybridized carbons (Fsp3) is 0.292. The summed E-state index contributed by atoms with van der Waals surface area (Å²) in [6.45, 7) is 1.66. The molecule has 1 aliphatic heterocycles. The van der Waals surface area contributed by atoms with Crippen molar-refractivity contribution in [1.29, 1.82) is 0 Å². The van der Waals surface area contributed by atoms with E-state index in [1.54, 1.807) is 18.2 Å². The molecule has 1 unspecified atom stereocenters. The summed E-state index contributed by atoms with van der Waals surface area (Å²) in [7, 11) is 0. The van der Waals surface area contributed by atoms with E-state index in [-0.39, 0.29) is 11.7 Å². The van der Waals surface area contributed by atoms with Crippen LogP contribution in [0.2, 0.25) is 0 Å². The number of aliphatic imine (C=N–C) groups is 1. The molecule has 0 saturated carbocycles. The Morgan fingerprint density at radius 3 is 2.90 bits per heavy atom. The molecule has 0 spiro atoms. The van der Waals surface area contributed by atoms with E-state index in [1.165, 1.54) is 42.8 Å². The Kier molecular flexibility index (Phi) is 4.77. The Hall–Kier alpha value is -3.15. The maximum absolute atomic E-state index is 14.9. The molecular formula is C24H23F2N3O. The first-order valence-electron chi connectivity index (χ1n) is 10.4. The van der Waals surface area contributed by atoms with Crippen molar-refractivity contribution in [3.63, 3.8) is 0 Å². The van der Waals surface area contributed by atoms with Gasteiger partial charge in [0.05, 0.1) is 22.5 Å². The third-order valence-electron chi connectivity index (χ3n) is 6.20. The van der Waals surface area contributed by atoms with Gasteiger partial charge in [0.25, 0.3) is 0 Å². The van der Waals surface area contributed by atoms with Gasteiger partial charge in [0, 0.05) is 30.8 Å². The molecule has 0 bridgehead atoms. The summed E-state index contributed by atoms with van der Waals surface area (Å²) in [5.74, 6) is -0.123. The van der Waals surface area contributed by atoms with Crippen molar-refractivity contribution in [2.45, 2.75) is 25.7 Å². The van der Waals surface area contributed by atoms with Crippen LogP contribution in [-0.2, 0) is 0 Å². The van der Waals surface area contributed by atoms with Gasteiger partial charge >= 0.3 is 0 Å². The van der Waals surface area contributed by atoms with Crippen molar-refractivity contribution in [3.8, 4) is 5.88 Å². The van der Waals surface area contributed by atoms with Crippen molar-refractivity contribution >= 4 is 28.5 Å². The number of allylic oxidation sites excluding steroid dienone is 1. The lowest BCUT2D eigenvalue weighted by atomic mass is 9.82. The molecule has 1 atom stereocenters. The number of rotatable bonds is 3. The molecule has 1 aromatic heterocycles. The number of nitrogens with zero attached hydrogens (tertiary/aromatic N) is 2. The van der Waals surface area contributed by atoms with Gasteiger partial charge < -0.3 is 15.0 Å². The van der Waals surface area contributed by atoms with Gasteiger partial charge in [-0.05, 0) is 61.9 Å². The zero-order valence-corrected chi connectivity index (χ0v) is 16.5. The van der Waals surface area contributed by atoms with Gasteiger partial charge in [-0.15, -0.1) is 0 Å². The second-order valence-corrected chi connectivity index (χ2v) is 8.09. The molecule has 4 nitrogen and oxygen atoms in total. The number of nitrogens with one attached hydrogen (secondary N) is 1. The van der Waals surface area contributed by atoms with Crippen LogP contribution < -0.4 is 4.90 Å². The summed E-state index contributed by atoms with van der Waals surface area (Å²) in [6, 6.07) is 9.18. The van der Waals surface area contributed by atoms with E-state index in [1.807, 2.05) is 0 Å². The van der Waals surface area contributed by atoms with Crippen LogP contribution in [0, 0.1) is 17.6 Å². The maximum Gasteiger partial charge on any atom is 0.198 e. The fourth-order valence-corrected chi connectivity index (χ4v) is 4.62. The molecule has 2 aliphatic rings. The summed E-state index contributed by atoms with van der Waals surface area (Å²) in [6.07, 6.45) is 8.52. The minimum absolute atomic E-state index is 0.0972. The highest BCUT2D eigenvalue weighted by Crippen LogP contribution is 2.35. The van der Waals surface area contributed by atoms with Gasteiger partial charge in [-0.3, -0.25) is 4.99 Å². The molecular weight excluding hydrogens is 384 g/mol. The molecule has 3 aromatic rings. The second kappa shape index (κ2) is 7.59. The van der Waals surface area contributed by atoms with Gasteiger partial charge in [0.1, 0.15) is 11.6 Å². The largest absolute Gasteiger partial charge is 0.494 e. The highest BCUT2D eigenvalue weighted by atomic mass is 19.1. The zero-order chi connectivity index (χ0) is 20.7. The number of benzene rings is 2. The smallest absolute Gasteiger partial charge is 0.198 e. The van der Waals surface area contributed by atoms with Gasteiger partial charge in [-0.25, -0.2) is 8.78 Å². The standard InChI is InChI=1S/C24H23F2N3O/c25-17-5-7-19-20(24(30)28-22(19)11-17)13-27-18-6-8-23(21(26)12-18)29-10-9-15-3-1-2-4-16(15)14-29/h4-8,11-13,15,28,30H,1-3,9-10,14H2. The lowest BCUT2D eigenvalue weighted by Crippen LogP contribution is -2.36. The predicted molar refractivity (Wildman–Crippen MR) is 116 cm³/mol. The molecule has 2 N–H and O–H groups in total. The van der Waals surface area contributed by atoms with Crippen LogP contribution in [0.15, 0.2) is 53.0 Å². The molecule has 1 saturated heterocycles. The van der Waals surface area contributed by atoms with Crippen LogP contribution in [0.1, 0.15) is 31.2 Å². The SMILES string of the molecule is Oc1[nH]c2cc(F)ccc2c1C=Nc1ccc(N2CCC3CCCC=C3C2)c(F)c1. The number of hydrogen-bond donors (Lipinski definition) is 2. The Balaban J connectivity index is 1.38. The van der Waals surface area contributed by atoms with E-state index in [9.17, 15) is 13.9 Å². The Labute approximate surface area is 173 Å². The van der Waals surface area contributed by atoms with Gasteiger partial charge in [-0.1, -0.05) is 11.6 Å². The topological polar surface area (TPSA) is 51.6 Å². The van der Waals surface area contributed by atoms with Crippen molar-refractivity contribution in [2.24, 2.45) is 10.9 Å². The van der Waals surface area contributed by atoms with E-state index in [2.05, 4.69) is 21.0 Å². The van der Waals surface area contributed by atoms with E-state index in [0.717, 1.165) is 25.9 Å². The van der Waals surface area contributed by atoms with Crippen LogP contribution in [-0.4, -0.2) is 29.4 Å². The van der Waals surface area contributed by atoms with E-state index >= 15 is 0 Å². The Bertz CT molecular complexity index is 1160. The second-order valence-electron chi connectivity index (χ2n) is 8.09. The molecule has 1 fully saturated rings. The third kappa shape index (κ3) is 3.47. The van der Waals surface area contributed by atoms with Crippen LogP contribution >= 0.6 is 0 Å². The van der Waals surface area contributed by atoms with Crippen LogP contribution in [0.5, 0.6) is 5.88 Å². The molecule has 5 rings (SSSR count). The quantitative estimate of drug-likeness (QED) is 0.423. The molecule has 6 heteroatoms. The molecule has 2 aromatic carbocycles. The van der Waals surface area contributed by atoms with Crippen LogP contribution in [0.25, 0.3) is 10.9 Å². The average molecular weight is 407 g/mol. The van der Waals surface area contributed by atoms with E-state index in [0.29, 0.717) is 33.8 Å². The van der Waals surface area contributed by atoms with Gasteiger partial charge in [0.15, 0.2) is 5.88 Å². The van der Waals surface area contributed by atoms with Crippen molar-refractivity contribution in [3.05, 3.63) is 65.2 Å². The maximum atomic E-state index is 14.9. The number of fused-ring (bicyclic) bond motifs is 2. The first-order chi connectivity index (χ1) is 14.6. The highest BCUT2D eigenvalue weighted by Gasteiger charge is 2.26. The number of piperidine rings is 1. The molecule has 0 radical (unpaired) electrons. The average Bonchev–Trinajstić information content (AvgIpc) is 3.06. The summed E-state index contributed by atoms with van der Waals surface area (Å²) in [5, 5.41) is 10.8. The third-order valence-corrected chi connectivity index (χ3v) is 6.20. The number of aromatic hydroxyl groups is 1. The van der Waals surface area contributed by atoms with E-state index in [4.69, 9.17) is 0 Å². The lowest BCUT2D eigenvalue weighted by molar-refractivity contribution is 0.436. The minimum atomic E-state index is -0.391. The number of aromatic amines is 1. The number of aromatic nitrogens is 1. The summed E-state index contributed by atoms with van der Waals surface area (Å²) in [5.41, 5.74) is 3.43. The summed E-state index contributed by atoms with van der Waals surface area (Å²) in [4.78, 5) is 9.16. The lowest BCUT2D eigenvalue weighted by Gasteiger charge is -2.37. The first kappa shape index (κ1) is 18.9. The van der Waals surface area contributed by atoms with E-state index < -0.39 is 5.82 Å². The van der Waals surface area contributed by atoms with Crippen molar-refractivity contribution in [1.82, 2.24) is 4.98 Å². The zero-order valence-electron chi connectivity index (χ0n) is 16.5. The Morgan fingerprint density at radius 2 is 2.03 bits per heavy atom. The van der Waals surface area contributed by atoms with Crippen molar-refractivity contribution < 1.29 is 13.9 Å². The first-order valence-corrected chi connectivity index (χ1v) is 10.4. The molecule has 30 heavy (non-hydrogen) atoms. The fourth-order valence-electron chi connectivity index (χ4n) is 4.62. The monoisotopic (exact) mass is 407 g/mol. The normalized spacial score (nSPS) is 19.3. The van der Waals surface area contributed by atoms with Crippen molar-refractivity contribution in [2.75, 3.05) is 18.0 Å². The van der Waals surface area contributed by atoms with Gasteiger partial charge in [0.2, 0.25) is 0 Å². The highest BCUT2D eigenvalue weighted by molar-refractivity contribution is 6.02. The van der Waals surface area contributed by atoms with Gasteiger partial charge in [-0.2, -0.15) is 0 Å². The molecule has 1 aliphatic carbocycles. The number of hydrogen-bond acceptors (Lipinski definition) is 3. The predicted octanol–water partition coefficient (Wildman–Crippen LogP) is 5.84. The molecule has 0 amide bonds.